The van der Waals surface area contributed by atoms with Crippen molar-refractivity contribution in [3.8, 4) is 0 Å². The molecule has 1 aromatic carbocycles. The number of fused-ring (bicyclic) bond motifs is 1. The molecule has 24 heavy (non-hydrogen) atoms. The minimum atomic E-state index is -0.519. The van der Waals surface area contributed by atoms with Crippen LogP contribution >= 0.6 is 0 Å². The van der Waals surface area contributed by atoms with Crippen LogP contribution in [0.25, 0.3) is 0 Å². The van der Waals surface area contributed by atoms with Crippen molar-refractivity contribution in [1.29, 1.82) is 0 Å². The van der Waals surface area contributed by atoms with Gasteiger partial charge in [-0.2, -0.15) is 0 Å². The summed E-state index contributed by atoms with van der Waals surface area (Å²) < 4.78 is 0. The first-order valence-corrected chi connectivity index (χ1v) is 9.13. The molecule has 1 saturated carbocycles. The lowest BCUT2D eigenvalue weighted by atomic mass is 9.98. The SMILES string of the molecule is CCCN1CCCc2cc(CCNC(=O)C(=O)NC3CC3)ccc21. The van der Waals surface area contributed by atoms with E-state index in [4.69, 9.17) is 0 Å². The van der Waals surface area contributed by atoms with E-state index in [0.717, 1.165) is 45.2 Å². The van der Waals surface area contributed by atoms with Gasteiger partial charge in [0, 0.05) is 31.4 Å². The first-order chi connectivity index (χ1) is 11.7. The van der Waals surface area contributed by atoms with E-state index in [1.807, 2.05) is 0 Å². The average Bonchev–Trinajstić information content (AvgIpc) is 3.39. The highest BCUT2D eigenvalue weighted by atomic mass is 16.2. The highest BCUT2D eigenvalue weighted by Crippen LogP contribution is 2.28. The summed E-state index contributed by atoms with van der Waals surface area (Å²) >= 11 is 0. The van der Waals surface area contributed by atoms with Crippen molar-refractivity contribution in [2.45, 2.75) is 51.5 Å². The van der Waals surface area contributed by atoms with Crippen LogP contribution < -0.4 is 15.5 Å². The van der Waals surface area contributed by atoms with Crippen LogP contribution in [0.3, 0.4) is 0 Å². The van der Waals surface area contributed by atoms with Crippen LogP contribution in [0.5, 0.6) is 0 Å². The molecule has 0 saturated heterocycles. The first-order valence-electron chi connectivity index (χ1n) is 9.13. The van der Waals surface area contributed by atoms with Crippen LogP contribution in [0, 0.1) is 0 Å². The van der Waals surface area contributed by atoms with E-state index >= 15 is 0 Å². The Balaban J connectivity index is 1.50. The lowest BCUT2D eigenvalue weighted by molar-refractivity contribution is -0.139. The second-order valence-electron chi connectivity index (χ2n) is 6.81. The van der Waals surface area contributed by atoms with Gasteiger partial charge in [0.2, 0.25) is 0 Å². The molecule has 2 N–H and O–H groups in total. The quantitative estimate of drug-likeness (QED) is 0.782. The van der Waals surface area contributed by atoms with Gasteiger partial charge in [-0.15, -0.1) is 0 Å². The van der Waals surface area contributed by atoms with Crippen LogP contribution in [-0.4, -0.2) is 37.5 Å². The van der Waals surface area contributed by atoms with Crippen molar-refractivity contribution in [3.63, 3.8) is 0 Å². The van der Waals surface area contributed by atoms with Gasteiger partial charge in [-0.3, -0.25) is 9.59 Å². The van der Waals surface area contributed by atoms with Gasteiger partial charge in [0.1, 0.15) is 0 Å². The summed E-state index contributed by atoms with van der Waals surface area (Å²) in [5, 5.41) is 5.42. The zero-order valence-electron chi connectivity index (χ0n) is 14.4. The summed E-state index contributed by atoms with van der Waals surface area (Å²) in [6, 6.07) is 6.83. The Kier molecular flexibility index (Phi) is 5.38. The molecule has 3 rings (SSSR count). The molecule has 0 radical (unpaired) electrons. The van der Waals surface area contributed by atoms with Gasteiger partial charge in [0.15, 0.2) is 0 Å². The number of hydrogen-bond acceptors (Lipinski definition) is 3. The number of carbonyl (C=O) groups is 2. The van der Waals surface area contributed by atoms with E-state index in [-0.39, 0.29) is 6.04 Å². The molecule has 0 atom stereocenters. The second-order valence-corrected chi connectivity index (χ2v) is 6.81. The number of hydrogen-bond donors (Lipinski definition) is 2. The Hall–Kier alpha value is -2.04. The van der Waals surface area contributed by atoms with Gasteiger partial charge < -0.3 is 15.5 Å². The van der Waals surface area contributed by atoms with Gasteiger partial charge >= 0.3 is 11.8 Å². The normalized spacial score (nSPS) is 16.5. The number of anilines is 1. The van der Waals surface area contributed by atoms with Gasteiger partial charge in [-0.05, 0) is 55.7 Å². The summed E-state index contributed by atoms with van der Waals surface area (Å²) in [5.74, 6) is -1.02. The molecule has 2 aliphatic rings. The minimum Gasteiger partial charge on any atom is -0.371 e. The van der Waals surface area contributed by atoms with Crippen molar-refractivity contribution >= 4 is 17.5 Å². The zero-order chi connectivity index (χ0) is 16.9. The van der Waals surface area contributed by atoms with Crippen LogP contribution in [0.4, 0.5) is 5.69 Å². The molecule has 2 amide bonds. The molecule has 5 heteroatoms. The molecule has 130 valence electrons. The first kappa shape index (κ1) is 16.8. The van der Waals surface area contributed by atoms with Gasteiger partial charge in [-0.1, -0.05) is 19.1 Å². The lowest BCUT2D eigenvalue weighted by Crippen LogP contribution is -2.41. The van der Waals surface area contributed by atoms with Crippen molar-refractivity contribution < 1.29 is 9.59 Å². The fourth-order valence-electron chi connectivity index (χ4n) is 3.27. The maximum absolute atomic E-state index is 11.7. The molecule has 0 unspecified atom stereocenters. The van der Waals surface area contributed by atoms with Gasteiger partial charge in [0.25, 0.3) is 0 Å². The van der Waals surface area contributed by atoms with Crippen LogP contribution in [0.15, 0.2) is 18.2 Å². The standard InChI is InChI=1S/C19H27N3O2/c1-2-11-22-12-3-4-15-13-14(5-8-17(15)22)9-10-20-18(23)19(24)21-16-6-7-16/h5,8,13,16H,2-4,6-7,9-12H2,1H3,(H,20,23)(H,21,24). The Morgan fingerprint density at radius 3 is 2.83 bits per heavy atom. The zero-order valence-corrected chi connectivity index (χ0v) is 14.4. The number of benzene rings is 1. The van der Waals surface area contributed by atoms with Crippen molar-refractivity contribution in [3.05, 3.63) is 29.3 Å². The van der Waals surface area contributed by atoms with E-state index in [0.29, 0.717) is 6.54 Å². The molecule has 5 nitrogen and oxygen atoms in total. The Morgan fingerprint density at radius 2 is 2.08 bits per heavy atom. The Labute approximate surface area is 143 Å². The second kappa shape index (κ2) is 7.69. The van der Waals surface area contributed by atoms with E-state index in [1.54, 1.807) is 0 Å². The molecule has 1 aliphatic heterocycles. The molecule has 1 fully saturated rings. The third-order valence-corrected chi connectivity index (χ3v) is 4.67. The molecule has 0 spiro atoms. The third kappa shape index (κ3) is 4.28. The van der Waals surface area contributed by atoms with E-state index in [1.165, 1.54) is 23.2 Å². The number of amides is 2. The molecule has 1 aliphatic carbocycles. The van der Waals surface area contributed by atoms with E-state index in [2.05, 4.69) is 40.7 Å². The van der Waals surface area contributed by atoms with Crippen molar-refractivity contribution in [1.82, 2.24) is 10.6 Å². The van der Waals surface area contributed by atoms with Crippen LogP contribution in [0.1, 0.15) is 43.7 Å². The largest absolute Gasteiger partial charge is 0.371 e. The van der Waals surface area contributed by atoms with Crippen LogP contribution in [0.2, 0.25) is 0 Å². The Morgan fingerprint density at radius 1 is 1.25 bits per heavy atom. The van der Waals surface area contributed by atoms with Crippen molar-refractivity contribution in [2.75, 3.05) is 24.5 Å². The number of rotatable bonds is 6. The fourth-order valence-corrected chi connectivity index (χ4v) is 3.27. The molecule has 1 heterocycles. The number of aryl methyl sites for hydroxylation is 1. The smallest absolute Gasteiger partial charge is 0.309 e. The molecular weight excluding hydrogens is 302 g/mol. The summed E-state index contributed by atoms with van der Waals surface area (Å²) in [6.07, 6.45) is 6.22. The van der Waals surface area contributed by atoms with Crippen molar-refractivity contribution in [2.24, 2.45) is 0 Å². The third-order valence-electron chi connectivity index (χ3n) is 4.67. The number of carbonyl (C=O) groups excluding carboxylic acids is 2. The van der Waals surface area contributed by atoms with Crippen LogP contribution in [-0.2, 0) is 22.4 Å². The van der Waals surface area contributed by atoms with E-state index in [9.17, 15) is 9.59 Å². The topological polar surface area (TPSA) is 61.4 Å². The predicted octanol–water partition coefficient (Wildman–Crippen LogP) is 1.79. The Bertz CT molecular complexity index is 611. The molecule has 0 bridgehead atoms. The van der Waals surface area contributed by atoms with Gasteiger partial charge in [0.05, 0.1) is 0 Å². The monoisotopic (exact) mass is 329 g/mol. The highest BCUT2D eigenvalue weighted by molar-refractivity contribution is 6.35. The predicted molar refractivity (Wildman–Crippen MR) is 95.1 cm³/mol. The minimum absolute atomic E-state index is 0.218. The number of nitrogens with zero attached hydrogens (tertiary/aromatic N) is 1. The molecule has 0 aromatic heterocycles. The maximum Gasteiger partial charge on any atom is 0.309 e. The summed E-state index contributed by atoms with van der Waals surface area (Å²) in [7, 11) is 0. The average molecular weight is 329 g/mol. The highest BCUT2D eigenvalue weighted by Gasteiger charge is 2.26. The maximum atomic E-state index is 11.7. The number of nitrogens with one attached hydrogen (secondary N) is 2. The lowest BCUT2D eigenvalue weighted by Gasteiger charge is -2.31. The summed E-state index contributed by atoms with van der Waals surface area (Å²) in [5.41, 5.74) is 3.99. The molecular formula is C19H27N3O2. The molecule has 1 aromatic rings. The van der Waals surface area contributed by atoms with E-state index < -0.39 is 11.8 Å². The summed E-state index contributed by atoms with van der Waals surface area (Å²) in [4.78, 5) is 25.8. The van der Waals surface area contributed by atoms with Gasteiger partial charge in [-0.25, -0.2) is 0 Å². The summed E-state index contributed by atoms with van der Waals surface area (Å²) in [6.45, 7) is 4.96. The fraction of sp³-hybridized carbons (Fsp3) is 0.579.